The third kappa shape index (κ3) is 8.58. The number of carbonyl (C=O) groups is 4. The van der Waals surface area contributed by atoms with E-state index in [4.69, 9.17) is 30.6 Å². The Labute approximate surface area is 132 Å². The Kier molecular flexibility index (Phi) is 10.3. The molecule has 0 aromatic heterocycles. The van der Waals surface area contributed by atoms with Crippen LogP contribution in [0.3, 0.4) is 0 Å². The summed E-state index contributed by atoms with van der Waals surface area (Å²) in [5, 5.41) is 25.8. The van der Waals surface area contributed by atoms with Crippen LogP contribution in [0.2, 0.25) is 0 Å². The number of hydrogen-bond donors (Lipinski definition) is 5. The molecule has 1 aliphatic rings. The number of rotatable bonds is 2. The normalized spacial score (nSPS) is 22.5. The number of amides is 2. The molecule has 0 saturated heterocycles. The fourth-order valence-corrected chi connectivity index (χ4v) is 2.11. The minimum atomic E-state index is -1.82. The molecule has 2 amide bonds. The Hall–Kier alpha value is -2.40. The molecule has 0 aliphatic heterocycles. The van der Waals surface area contributed by atoms with E-state index in [2.05, 4.69) is 5.32 Å². The number of nitrogens with one attached hydrogen (secondary N) is 1. The third-order valence-electron chi connectivity index (χ3n) is 3.19. The Morgan fingerprint density at radius 3 is 1.87 bits per heavy atom. The van der Waals surface area contributed by atoms with Crippen LogP contribution in [0.5, 0.6) is 0 Å². The van der Waals surface area contributed by atoms with E-state index in [9.17, 15) is 9.59 Å². The van der Waals surface area contributed by atoms with Gasteiger partial charge in [0.05, 0.1) is 0 Å². The number of nitrogens with zero attached hydrogens (tertiary/aromatic N) is 1. The summed E-state index contributed by atoms with van der Waals surface area (Å²) < 4.78 is 0. The standard InChI is InChI=1S/C10H19N3O3.C2H2O4.H2O/c1-13(2)9(14)6-3-4-7(11)8(5-6)12-10(15)16;3-1(4)2(5)6;/h6-8,12H,3-5,11H2,1-2H3,(H,15,16);(H,3,4)(H,5,6);1H2/t6-,7-,8+;;/m0../s1. The molecule has 134 valence electrons. The number of carboxylic acids is 2. The van der Waals surface area contributed by atoms with Crippen LogP contribution in [0, 0.1) is 5.92 Å². The summed E-state index contributed by atoms with van der Waals surface area (Å²) in [6, 6.07) is -0.512. The maximum absolute atomic E-state index is 11.7. The molecular weight excluding hydrogens is 314 g/mol. The van der Waals surface area contributed by atoms with Crippen LogP contribution in [0.15, 0.2) is 0 Å². The Morgan fingerprint density at radius 2 is 1.52 bits per heavy atom. The van der Waals surface area contributed by atoms with Crippen LogP contribution < -0.4 is 11.1 Å². The van der Waals surface area contributed by atoms with Crippen molar-refractivity contribution in [2.24, 2.45) is 11.7 Å². The van der Waals surface area contributed by atoms with Crippen molar-refractivity contribution >= 4 is 23.9 Å². The lowest BCUT2D eigenvalue weighted by Gasteiger charge is -2.34. The van der Waals surface area contributed by atoms with Gasteiger partial charge in [0.25, 0.3) is 0 Å². The van der Waals surface area contributed by atoms with Gasteiger partial charge in [-0.1, -0.05) is 0 Å². The highest BCUT2D eigenvalue weighted by Gasteiger charge is 2.33. The summed E-state index contributed by atoms with van der Waals surface area (Å²) in [6.45, 7) is 0. The van der Waals surface area contributed by atoms with Crippen molar-refractivity contribution < 1.29 is 40.0 Å². The lowest BCUT2D eigenvalue weighted by Crippen LogP contribution is -2.52. The van der Waals surface area contributed by atoms with Crippen LogP contribution in [-0.2, 0) is 14.4 Å². The summed E-state index contributed by atoms with van der Waals surface area (Å²) in [4.78, 5) is 42.0. The largest absolute Gasteiger partial charge is 0.473 e. The van der Waals surface area contributed by atoms with Crippen molar-refractivity contribution in [2.75, 3.05) is 14.1 Å². The lowest BCUT2D eigenvalue weighted by molar-refractivity contribution is -0.159. The van der Waals surface area contributed by atoms with Crippen molar-refractivity contribution in [1.29, 1.82) is 0 Å². The third-order valence-corrected chi connectivity index (χ3v) is 3.19. The van der Waals surface area contributed by atoms with E-state index in [0.29, 0.717) is 12.8 Å². The molecular formula is C12H23N3O8. The van der Waals surface area contributed by atoms with Crippen molar-refractivity contribution in [2.45, 2.75) is 31.3 Å². The summed E-state index contributed by atoms with van der Waals surface area (Å²) in [5.41, 5.74) is 5.82. The quantitative estimate of drug-likeness (QED) is 0.362. The highest BCUT2D eigenvalue weighted by molar-refractivity contribution is 6.27. The molecule has 0 aromatic carbocycles. The van der Waals surface area contributed by atoms with E-state index in [-0.39, 0.29) is 29.4 Å². The molecule has 0 unspecified atom stereocenters. The highest BCUT2D eigenvalue weighted by atomic mass is 16.4. The van der Waals surface area contributed by atoms with Crippen LogP contribution in [0.25, 0.3) is 0 Å². The van der Waals surface area contributed by atoms with Gasteiger partial charge >= 0.3 is 18.0 Å². The van der Waals surface area contributed by atoms with Gasteiger partial charge in [0.15, 0.2) is 0 Å². The zero-order valence-corrected chi connectivity index (χ0v) is 12.9. The number of nitrogens with two attached hydrogens (primary N) is 1. The topological polar surface area (TPSA) is 202 Å². The van der Waals surface area contributed by atoms with Gasteiger partial charge in [0.1, 0.15) is 0 Å². The molecule has 0 bridgehead atoms. The minimum absolute atomic E-state index is 0. The first kappa shape index (κ1) is 22.9. The fraction of sp³-hybridized carbons (Fsp3) is 0.667. The van der Waals surface area contributed by atoms with Crippen molar-refractivity contribution in [3.05, 3.63) is 0 Å². The smallest absolute Gasteiger partial charge is 0.414 e. The average Bonchev–Trinajstić information content (AvgIpc) is 2.40. The van der Waals surface area contributed by atoms with Crippen molar-refractivity contribution in [3.8, 4) is 0 Å². The Bertz CT molecular complexity index is 428. The predicted octanol–water partition coefficient (Wildman–Crippen LogP) is -1.83. The molecule has 0 aromatic rings. The van der Waals surface area contributed by atoms with Crippen LogP contribution in [0.4, 0.5) is 4.79 Å². The molecule has 1 rings (SSSR count). The molecule has 0 radical (unpaired) electrons. The molecule has 1 aliphatic carbocycles. The molecule has 0 heterocycles. The number of carbonyl (C=O) groups excluding carboxylic acids is 1. The van der Waals surface area contributed by atoms with Gasteiger partial charge in [-0.15, -0.1) is 0 Å². The Morgan fingerprint density at radius 1 is 1.04 bits per heavy atom. The molecule has 1 fully saturated rings. The first-order valence-corrected chi connectivity index (χ1v) is 6.48. The molecule has 3 atom stereocenters. The predicted molar refractivity (Wildman–Crippen MR) is 77.8 cm³/mol. The number of hydrogen-bond acceptors (Lipinski definition) is 5. The second-order valence-electron chi connectivity index (χ2n) is 5.07. The van der Waals surface area contributed by atoms with Gasteiger partial charge in [-0.05, 0) is 19.3 Å². The molecule has 11 nitrogen and oxygen atoms in total. The zero-order chi connectivity index (χ0) is 17.4. The van der Waals surface area contributed by atoms with E-state index < -0.39 is 18.0 Å². The molecule has 1 saturated carbocycles. The maximum atomic E-state index is 11.7. The monoisotopic (exact) mass is 337 g/mol. The van der Waals surface area contributed by atoms with Crippen molar-refractivity contribution in [3.63, 3.8) is 0 Å². The number of aliphatic carboxylic acids is 2. The zero-order valence-electron chi connectivity index (χ0n) is 12.9. The van der Waals surface area contributed by atoms with E-state index in [1.165, 1.54) is 0 Å². The first-order chi connectivity index (χ1) is 10.1. The van der Waals surface area contributed by atoms with Gasteiger partial charge in [-0.25, -0.2) is 14.4 Å². The maximum Gasteiger partial charge on any atom is 0.414 e. The first-order valence-electron chi connectivity index (χ1n) is 6.48. The van der Waals surface area contributed by atoms with Crippen LogP contribution in [-0.4, -0.2) is 75.8 Å². The fourth-order valence-electron chi connectivity index (χ4n) is 2.11. The summed E-state index contributed by atoms with van der Waals surface area (Å²) in [5.74, 6) is -3.72. The van der Waals surface area contributed by atoms with Crippen LogP contribution in [0.1, 0.15) is 19.3 Å². The molecule has 11 heteroatoms. The Balaban J connectivity index is 0. The molecule has 8 N–H and O–H groups in total. The lowest BCUT2D eigenvalue weighted by atomic mass is 9.82. The summed E-state index contributed by atoms with van der Waals surface area (Å²) in [7, 11) is 3.41. The van der Waals surface area contributed by atoms with Crippen LogP contribution >= 0.6 is 0 Å². The average molecular weight is 337 g/mol. The second-order valence-corrected chi connectivity index (χ2v) is 5.07. The summed E-state index contributed by atoms with van der Waals surface area (Å²) in [6.07, 6.45) is 0.814. The van der Waals surface area contributed by atoms with Crippen molar-refractivity contribution in [1.82, 2.24) is 10.2 Å². The minimum Gasteiger partial charge on any atom is -0.473 e. The van der Waals surface area contributed by atoms with Gasteiger partial charge in [-0.2, -0.15) is 0 Å². The second kappa shape index (κ2) is 10.3. The van der Waals surface area contributed by atoms with E-state index in [1.54, 1.807) is 19.0 Å². The van der Waals surface area contributed by atoms with E-state index >= 15 is 0 Å². The highest BCUT2D eigenvalue weighted by Crippen LogP contribution is 2.25. The summed E-state index contributed by atoms with van der Waals surface area (Å²) >= 11 is 0. The van der Waals surface area contributed by atoms with Gasteiger partial charge in [0, 0.05) is 32.1 Å². The van der Waals surface area contributed by atoms with E-state index in [0.717, 1.165) is 6.42 Å². The van der Waals surface area contributed by atoms with Gasteiger partial charge < -0.3 is 36.7 Å². The van der Waals surface area contributed by atoms with Gasteiger partial charge in [0.2, 0.25) is 5.91 Å². The molecule has 23 heavy (non-hydrogen) atoms. The van der Waals surface area contributed by atoms with Gasteiger partial charge in [-0.3, -0.25) is 4.79 Å². The molecule has 0 spiro atoms. The SMILES string of the molecule is CN(C)C(=O)[C@H]1CC[C@H](N)[C@H](NC(=O)O)C1.O.O=C(O)C(=O)O. The number of carboxylic acid groups (broad SMARTS) is 3. The van der Waals surface area contributed by atoms with E-state index in [1.807, 2.05) is 0 Å².